The fraction of sp³-hybridized carbons (Fsp3) is 0.483. The van der Waals surface area contributed by atoms with E-state index in [2.05, 4.69) is 48.9 Å². The first-order valence-electron chi connectivity index (χ1n) is 12.5. The summed E-state index contributed by atoms with van der Waals surface area (Å²) in [6, 6.07) is 14.7. The normalized spacial score (nSPS) is 18.9. The van der Waals surface area contributed by atoms with Crippen LogP contribution >= 0.6 is 11.6 Å². The molecular weight excluding hydrogens is 444 g/mol. The summed E-state index contributed by atoms with van der Waals surface area (Å²) in [5, 5.41) is 1.69. The maximum absolute atomic E-state index is 13.7. The van der Waals surface area contributed by atoms with Crippen LogP contribution in [0.4, 0.5) is 0 Å². The van der Waals surface area contributed by atoms with Gasteiger partial charge in [-0.3, -0.25) is 4.79 Å². The molecule has 1 saturated heterocycles. The number of carbonyl (C=O) groups is 1. The van der Waals surface area contributed by atoms with Gasteiger partial charge in [-0.05, 0) is 60.8 Å². The molecule has 0 spiro atoms. The van der Waals surface area contributed by atoms with Crippen LogP contribution in [0.15, 0.2) is 48.7 Å². The third-order valence-corrected chi connectivity index (χ3v) is 8.43. The van der Waals surface area contributed by atoms with Crippen molar-refractivity contribution < 1.29 is 9.53 Å². The van der Waals surface area contributed by atoms with Gasteiger partial charge in [-0.15, -0.1) is 0 Å². The van der Waals surface area contributed by atoms with Gasteiger partial charge in [0.2, 0.25) is 0 Å². The maximum atomic E-state index is 13.7. The number of aromatic nitrogens is 1. The van der Waals surface area contributed by atoms with Crippen molar-refractivity contribution in [3.8, 4) is 0 Å². The number of methoxy groups -OCH3 is 1. The van der Waals surface area contributed by atoms with E-state index in [9.17, 15) is 4.79 Å². The molecule has 1 aliphatic carbocycles. The zero-order chi connectivity index (χ0) is 23.9. The number of benzene rings is 2. The minimum atomic E-state index is 0.114. The number of amides is 1. The van der Waals surface area contributed by atoms with Gasteiger partial charge >= 0.3 is 0 Å². The van der Waals surface area contributed by atoms with Crippen molar-refractivity contribution in [2.75, 3.05) is 26.8 Å². The largest absolute Gasteiger partial charge is 0.384 e. The molecule has 4 nitrogen and oxygen atoms in total. The van der Waals surface area contributed by atoms with Crippen LogP contribution < -0.4 is 0 Å². The summed E-state index contributed by atoms with van der Waals surface area (Å²) in [7, 11) is 1.77. The van der Waals surface area contributed by atoms with E-state index in [-0.39, 0.29) is 16.7 Å². The summed E-state index contributed by atoms with van der Waals surface area (Å²) in [6.07, 6.45) is 7.39. The van der Waals surface area contributed by atoms with Crippen molar-refractivity contribution in [2.24, 2.45) is 5.41 Å². The first kappa shape index (κ1) is 23.4. The molecule has 1 aliphatic heterocycles. The predicted octanol–water partition coefficient (Wildman–Crippen LogP) is 6.48. The van der Waals surface area contributed by atoms with Gasteiger partial charge in [0.05, 0.1) is 17.7 Å². The Hall–Kier alpha value is -2.30. The molecular formula is C29H35ClN2O2. The van der Waals surface area contributed by atoms with Crippen molar-refractivity contribution in [3.05, 3.63) is 70.4 Å². The summed E-state index contributed by atoms with van der Waals surface area (Å²) >= 11 is 6.36. The van der Waals surface area contributed by atoms with Crippen molar-refractivity contribution in [3.63, 3.8) is 0 Å². The summed E-state index contributed by atoms with van der Waals surface area (Å²) in [5.74, 6) is 0.133. The van der Waals surface area contributed by atoms with E-state index in [0.29, 0.717) is 5.02 Å². The Bertz CT molecular complexity index is 1200. The van der Waals surface area contributed by atoms with E-state index < -0.39 is 0 Å². The number of carbonyl (C=O) groups excluding carboxylic acids is 1. The molecule has 0 bridgehead atoms. The number of halogens is 1. The Morgan fingerprint density at radius 2 is 1.82 bits per heavy atom. The number of hydrogen-bond acceptors (Lipinski definition) is 2. The van der Waals surface area contributed by atoms with Crippen molar-refractivity contribution in [2.45, 2.75) is 57.9 Å². The third-order valence-electron chi connectivity index (χ3n) is 8.19. The number of hydrogen-bond donors (Lipinski definition) is 0. The molecule has 0 N–H and O–H groups in total. The molecule has 1 amide bonds. The first-order valence-corrected chi connectivity index (χ1v) is 12.9. The molecule has 5 rings (SSSR count). The number of rotatable bonds is 7. The smallest absolute Gasteiger partial charge is 0.256 e. The van der Waals surface area contributed by atoms with E-state index >= 15 is 0 Å². The summed E-state index contributed by atoms with van der Waals surface area (Å²) in [4.78, 5) is 15.8. The average Bonchev–Trinajstić information content (AvgIpc) is 3.52. The van der Waals surface area contributed by atoms with Crippen LogP contribution in [0.5, 0.6) is 0 Å². The minimum Gasteiger partial charge on any atom is -0.384 e. The Morgan fingerprint density at radius 3 is 2.50 bits per heavy atom. The second-order valence-corrected chi connectivity index (χ2v) is 11.1. The molecule has 2 aromatic carbocycles. The fourth-order valence-electron chi connectivity index (χ4n) is 5.82. The number of piperidine rings is 1. The number of aryl methyl sites for hydroxylation is 1. The van der Waals surface area contributed by atoms with Gasteiger partial charge in [-0.25, -0.2) is 0 Å². The lowest BCUT2D eigenvalue weighted by atomic mass is 9.72. The molecule has 2 aliphatic rings. The highest BCUT2D eigenvalue weighted by Gasteiger charge is 2.43. The Labute approximate surface area is 207 Å². The molecule has 2 fully saturated rings. The van der Waals surface area contributed by atoms with Crippen LogP contribution in [-0.4, -0.2) is 42.2 Å². The molecule has 0 unspecified atom stereocenters. The van der Waals surface area contributed by atoms with Crippen molar-refractivity contribution in [1.29, 1.82) is 0 Å². The van der Waals surface area contributed by atoms with E-state index in [1.54, 1.807) is 7.11 Å². The standard InChI is InChI=1S/C29H35ClN2O2/c1-4-21-7-5-6-8-25(21)28(2)13-15-31(16-14-28)27(33)24-18-32(19-29(11-12-29)20-34-3)26-17-22(30)9-10-23(24)26/h5-10,17-18H,4,11-16,19-20H2,1-3H3. The minimum absolute atomic E-state index is 0.114. The van der Waals surface area contributed by atoms with E-state index in [1.165, 1.54) is 11.1 Å². The highest BCUT2D eigenvalue weighted by Crippen LogP contribution is 2.48. The summed E-state index contributed by atoms with van der Waals surface area (Å²) in [5.41, 5.74) is 5.00. The lowest BCUT2D eigenvalue weighted by Gasteiger charge is -2.40. The Morgan fingerprint density at radius 1 is 1.09 bits per heavy atom. The van der Waals surface area contributed by atoms with Gasteiger partial charge in [-0.2, -0.15) is 0 Å². The highest BCUT2D eigenvalue weighted by atomic mass is 35.5. The van der Waals surface area contributed by atoms with E-state index in [1.807, 2.05) is 23.1 Å². The molecule has 3 aromatic rings. The van der Waals surface area contributed by atoms with Crippen LogP contribution in [0, 0.1) is 5.41 Å². The zero-order valence-corrected chi connectivity index (χ0v) is 21.3. The topological polar surface area (TPSA) is 34.5 Å². The van der Waals surface area contributed by atoms with Gasteiger partial charge in [0.15, 0.2) is 0 Å². The zero-order valence-electron chi connectivity index (χ0n) is 20.6. The van der Waals surface area contributed by atoms with Crippen molar-refractivity contribution in [1.82, 2.24) is 9.47 Å². The molecule has 34 heavy (non-hydrogen) atoms. The lowest BCUT2D eigenvalue weighted by molar-refractivity contribution is 0.0677. The molecule has 180 valence electrons. The number of fused-ring (bicyclic) bond motifs is 1. The van der Waals surface area contributed by atoms with Crippen molar-refractivity contribution >= 4 is 28.4 Å². The fourth-order valence-corrected chi connectivity index (χ4v) is 5.99. The Kier molecular flexibility index (Phi) is 6.24. The molecule has 0 radical (unpaired) electrons. The molecule has 0 atom stereocenters. The predicted molar refractivity (Wildman–Crippen MR) is 139 cm³/mol. The lowest BCUT2D eigenvalue weighted by Crippen LogP contribution is -2.44. The summed E-state index contributed by atoms with van der Waals surface area (Å²) < 4.78 is 7.71. The van der Waals surface area contributed by atoms with Crippen LogP contribution in [0.3, 0.4) is 0 Å². The maximum Gasteiger partial charge on any atom is 0.256 e. The van der Waals surface area contributed by atoms with Crippen LogP contribution in [-0.2, 0) is 23.1 Å². The quantitative estimate of drug-likeness (QED) is 0.389. The molecule has 1 saturated carbocycles. The molecule has 1 aromatic heterocycles. The second-order valence-electron chi connectivity index (χ2n) is 10.6. The first-order chi connectivity index (χ1) is 16.4. The number of ether oxygens (including phenoxy) is 1. The van der Waals surface area contributed by atoms with E-state index in [0.717, 1.165) is 74.8 Å². The van der Waals surface area contributed by atoms with Crippen LogP contribution in [0.2, 0.25) is 5.02 Å². The third kappa shape index (κ3) is 4.27. The van der Waals surface area contributed by atoms with Crippen LogP contribution in [0.1, 0.15) is 61.0 Å². The second kappa shape index (κ2) is 9.05. The van der Waals surface area contributed by atoms with Gasteiger partial charge in [0, 0.05) is 48.8 Å². The van der Waals surface area contributed by atoms with Crippen LogP contribution in [0.25, 0.3) is 10.9 Å². The van der Waals surface area contributed by atoms with Gasteiger partial charge in [0.25, 0.3) is 5.91 Å². The van der Waals surface area contributed by atoms with E-state index in [4.69, 9.17) is 16.3 Å². The Balaban J connectivity index is 1.39. The SMILES string of the molecule is CCc1ccccc1C1(C)CCN(C(=O)c2cn(CC3(COC)CC3)c3cc(Cl)ccc23)CC1. The summed E-state index contributed by atoms with van der Waals surface area (Å²) in [6.45, 7) is 7.75. The van der Waals surface area contributed by atoms with Gasteiger partial charge in [-0.1, -0.05) is 55.8 Å². The molecule has 2 heterocycles. The monoisotopic (exact) mass is 478 g/mol. The molecule has 5 heteroatoms. The number of likely N-dealkylation sites (tertiary alicyclic amines) is 1. The highest BCUT2D eigenvalue weighted by molar-refractivity contribution is 6.31. The van der Waals surface area contributed by atoms with Gasteiger partial charge < -0.3 is 14.2 Å². The van der Waals surface area contributed by atoms with Gasteiger partial charge in [0.1, 0.15) is 0 Å². The number of nitrogens with zero attached hydrogens (tertiary/aromatic N) is 2. The average molecular weight is 479 g/mol.